The second-order valence-electron chi connectivity index (χ2n) is 5.25. The van der Waals surface area contributed by atoms with Crippen LogP contribution in [0, 0.1) is 10.1 Å². The first kappa shape index (κ1) is 17.2. The van der Waals surface area contributed by atoms with Gasteiger partial charge in [-0.3, -0.25) is 10.1 Å². The molecule has 0 aromatic heterocycles. The summed E-state index contributed by atoms with van der Waals surface area (Å²) in [6.45, 7) is 7.13. The minimum Gasteiger partial charge on any atom is -0.380 e. The van der Waals surface area contributed by atoms with Crippen LogP contribution in [0.2, 0.25) is 0 Å². The molecule has 118 valence electrons. The molecule has 6 nitrogen and oxygen atoms in total. The molecule has 6 heteroatoms. The van der Waals surface area contributed by atoms with Crippen LogP contribution in [0.1, 0.15) is 20.3 Å². The molecule has 0 unspecified atom stereocenters. The van der Waals surface area contributed by atoms with E-state index >= 15 is 0 Å². The fraction of sp³-hybridized carbons (Fsp3) is 0.600. The first-order chi connectivity index (χ1) is 10.0. The van der Waals surface area contributed by atoms with Gasteiger partial charge in [-0.05, 0) is 39.6 Å². The largest absolute Gasteiger partial charge is 0.380 e. The number of rotatable bonds is 9. The summed E-state index contributed by atoms with van der Waals surface area (Å²) in [5.74, 6) is 0. The molecule has 0 saturated carbocycles. The predicted molar refractivity (Wildman–Crippen MR) is 88.3 cm³/mol. The number of para-hydroxylation sites is 1. The van der Waals surface area contributed by atoms with Crippen LogP contribution in [0.15, 0.2) is 18.2 Å². The second kappa shape index (κ2) is 8.46. The number of likely N-dealkylation sites (N-methyl/N-ethyl adjacent to an activating group) is 1. The van der Waals surface area contributed by atoms with Gasteiger partial charge in [0.05, 0.1) is 4.92 Å². The molecular weight excluding hydrogens is 268 g/mol. The Morgan fingerprint density at radius 3 is 2.43 bits per heavy atom. The van der Waals surface area contributed by atoms with Crippen molar-refractivity contribution in [3.8, 4) is 0 Å². The normalized spacial score (nSPS) is 10.7. The summed E-state index contributed by atoms with van der Waals surface area (Å²) < 4.78 is 0. The highest BCUT2D eigenvalue weighted by Crippen LogP contribution is 2.35. The smallest absolute Gasteiger partial charge is 0.315 e. The molecule has 0 aliphatic heterocycles. The molecule has 1 rings (SSSR count). The number of nitrogens with zero attached hydrogens (tertiary/aromatic N) is 3. The van der Waals surface area contributed by atoms with Crippen LogP contribution in [0.5, 0.6) is 0 Å². The number of nitrogens with one attached hydrogen (secondary N) is 1. The molecule has 0 heterocycles. The zero-order chi connectivity index (χ0) is 15.8. The maximum absolute atomic E-state index is 11.5. The third-order valence-corrected chi connectivity index (χ3v) is 3.22. The number of benzene rings is 1. The molecule has 0 amide bonds. The van der Waals surface area contributed by atoms with Crippen molar-refractivity contribution < 1.29 is 4.92 Å². The highest BCUT2D eigenvalue weighted by Gasteiger charge is 2.23. The second-order valence-corrected chi connectivity index (χ2v) is 5.25. The Balaban J connectivity index is 3.16. The van der Waals surface area contributed by atoms with Crippen molar-refractivity contribution in [2.24, 2.45) is 0 Å². The van der Waals surface area contributed by atoms with Gasteiger partial charge in [0.2, 0.25) is 0 Å². The van der Waals surface area contributed by atoms with Crippen molar-refractivity contribution >= 4 is 17.1 Å². The van der Waals surface area contributed by atoms with Crippen molar-refractivity contribution in [3.05, 3.63) is 28.3 Å². The summed E-state index contributed by atoms with van der Waals surface area (Å²) in [5.41, 5.74) is 1.46. The number of nitro benzene ring substituents is 1. The van der Waals surface area contributed by atoms with Crippen molar-refractivity contribution in [2.75, 3.05) is 50.5 Å². The SMILES string of the molecule is CCCN(CCN(C)C)c1cccc(NCC)c1[N+](=O)[O-]. The van der Waals surface area contributed by atoms with Crippen LogP contribution in [-0.2, 0) is 0 Å². The fourth-order valence-electron chi connectivity index (χ4n) is 2.25. The average Bonchev–Trinajstić information content (AvgIpc) is 2.43. The van der Waals surface area contributed by atoms with Crippen LogP contribution in [0.4, 0.5) is 17.1 Å². The van der Waals surface area contributed by atoms with Gasteiger partial charge < -0.3 is 15.1 Å². The minimum atomic E-state index is -0.286. The van der Waals surface area contributed by atoms with Gasteiger partial charge in [0.15, 0.2) is 0 Å². The standard InChI is InChI=1S/C15H26N4O2/c1-5-10-18(12-11-17(3)4)14-9-7-8-13(16-6-2)15(14)19(20)21/h7-9,16H,5-6,10-12H2,1-4H3. The molecule has 0 bridgehead atoms. The number of hydrogen-bond donors (Lipinski definition) is 1. The quantitative estimate of drug-likeness (QED) is 0.560. The Morgan fingerprint density at radius 2 is 1.90 bits per heavy atom. The van der Waals surface area contributed by atoms with Crippen LogP contribution in [0.3, 0.4) is 0 Å². The van der Waals surface area contributed by atoms with E-state index in [1.54, 1.807) is 6.07 Å². The van der Waals surface area contributed by atoms with Gasteiger partial charge >= 0.3 is 5.69 Å². The van der Waals surface area contributed by atoms with Gasteiger partial charge in [0, 0.05) is 26.2 Å². The van der Waals surface area contributed by atoms with Gasteiger partial charge in [0.25, 0.3) is 0 Å². The molecule has 0 aliphatic rings. The lowest BCUT2D eigenvalue weighted by Crippen LogP contribution is -2.32. The molecular formula is C15H26N4O2. The summed E-state index contributed by atoms with van der Waals surface area (Å²) >= 11 is 0. The van der Waals surface area contributed by atoms with Crippen LogP contribution in [-0.4, -0.2) is 50.1 Å². The Morgan fingerprint density at radius 1 is 1.19 bits per heavy atom. The zero-order valence-electron chi connectivity index (χ0n) is 13.4. The lowest BCUT2D eigenvalue weighted by Gasteiger charge is -2.26. The third kappa shape index (κ3) is 4.90. The average molecular weight is 294 g/mol. The molecule has 0 saturated heterocycles. The summed E-state index contributed by atoms with van der Waals surface area (Å²) in [7, 11) is 4.02. The highest BCUT2D eigenvalue weighted by molar-refractivity contribution is 5.77. The number of anilines is 2. The Hall–Kier alpha value is -1.82. The lowest BCUT2D eigenvalue weighted by molar-refractivity contribution is -0.383. The van der Waals surface area contributed by atoms with Crippen LogP contribution < -0.4 is 10.2 Å². The minimum absolute atomic E-state index is 0.173. The van der Waals surface area contributed by atoms with Gasteiger partial charge in [-0.15, -0.1) is 0 Å². The number of nitro groups is 1. The van der Waals surface area contributed by atoms with E-state index in [-0.39, 0.29) is 10.6 Å². The number of hydrogen-bond acceptors (Lipinski definition) is 5. The zero-order valence-corrected chi connectivity index (χ0v) is 13.4. The van der Waals surface area contributed by atoms with E-state index in [1.165, 1.54) is 0 Å². The summed E-state index contributed by atoms with van der Waals surface area (Å²) in [6.07, 6.45) is 0.954. The Labute approximate surface area is 126 Å². The Bertz CT molecular complexity index is 463. The predicted octanol–water partition coefficient (Wildman–Crippen LogP) is 2.80. The molecule has 21 heavy (non-hydrogen) atoms. The summed E-state index contributed by atoms with van der Waals surface area (Å²) in [5, 5.41) is 14.6. The third-order valence-electron chi connectivity index (χ3n) is 3.22. The van der Waals surface area contributed by atoms with Crippen LogP contribution in [0.25, 0.3) is 0 Å². The van der Waals surface area contributed by atoms with E-state index in [9.17, 15) is 10.1 Å². The van der Waals surface area contributed by atoms with Gasteiger partial charge in [0.1, 0.15) is 11.4 Å². The van der Waals surface area contributed by atoms with Crippen molar-refractivity contribution in [2.45, 2.75) is 20.3 Å². The molecule has 0 atom stereocenters. The van der Waals surface area contributed by atoms with E-state index in [2.05, 4.69) is 22.0 Å². The van der Waals surface area contributed by atoms with Gasteiger partial charge in [-0.2, -0.15) is 0 Å². The van der Waals surface area contributed by atoms with Crippen molar-refractivity contribution in [1.29, 1.82) is 0 Å². The lowest BCUT2D eigenvalue weighted by atomic mass is 10.2. The maximum atomic E-state index is 11.5. The first-order valence-corrected chi connectivity index (χ1v) is 7.42. The van der Waals surface area contributed by atoms with E-state index in [4.69, 9.17) is 0 Å². The molecule has 1 aromatic rings. The van der Waals surface area contributed by atoms with E-state index < -0.39 is 0 Å². The molecule has 0 radical (unpaired) electrons. The van der Waals surface area contributed by atoms with Crippen molar-refractivity contribution in [3.63, 3.8) is 0 Å². The summed E-state index contributed by atoms with van der Waals surface area (Å²) in [4.78, 5) is 15.4. The van der Waals surface area contributed by atoms with Crippen molar-refractivity contribution in [1.82, 2.24) is 4.90 Å². The molecule has 1 aromatic carbocycles. The van der Waals surface area contributed by atoms with Crippen LogP contribution >= 0.6 is 0 Å². The fourth-order valence-corrected chi connectivity index (χ4v) is 2.25. The van der Waals surface area contributed by atoms with Gasteiger partial charge in [-0.1, -0.05) is 13.0 Å². The first-order valence-electron chi connectivity index (χ1n) is 7.42. The monoisotopic (exact) mass is 294 g/mol. The van der Waals surface area contributed by atoms with E-state index in [0.717, 1.165) is 26.1 Å². The summed E-state index contributed by atoms with van der Waals surface area (Å²) in [6, 6.07) is 5.48. The Kier molecular flexibility index (Phi) is 6.94. The van der Waals surface area contributed by atoms with Gasteiger partial charge in [-0.25, -0.2) is 0 Å². The van der Waals surface area contributed by atoms with E-state index in [1.807, 2.05) is 33.2 Å². The topological polar surface area (TPSA) is 61.6 Å². The molecule has 1 N–H and O–H groups in total. The molecule has 0 aliphatic carbocycles. The molecule has 0 fully saturated rings. The molecule has 0 spiro atoms. The maximum Gasteiger partial charge on any atom is 0.315 e. The highest BCUT2D eigenvalue weighted by atomic mass is 16.6. The van der Waals surface area contributed by atoms with E-state index in [0.29, 0.717) is 17.9 Å².